The summed E-state index contributed by atoms with van der Waals surface area (Å²) in [6.45, 7) is 1.80. The number of nitrogens with one attached hydrogen (secondary N) is 1. The molecule has 3 heterocycles. The van der Waals surface area contributed by atoms with Crippen LogP contribution in [0.3, 0.4) is 0 Å². The predicted molar refractivity (Wildman–Crippen MR) is 161 cm³/mol. The van der Waals surface area contributed by atoms with Crippen LogP contribution in [0.2, 0.25) is 5.02 Å². The number of anilines is 2. The van der Waals surface area contributed by atoms with Crippen LogP contribution in [-0.2, 0) is 9.59 Å². The van der Waals surface area contributed by atoms with Crippen molar-refractivity contribution in [1.82, 2.24) is 24.2 Å². The summed E-state index contributed by atoms with van der Waals surface area (Å²) in [5.41, 5.74) is 2.87. The van der Waals surface area contributed by atoms with Gasteiger partial charge in [-0.2, -0.15) is 0 Å². The molecule has 12 nitrogen and oxygen atoms in total. The second-order valence-electron chi connectivity index (χ2n) is 11.0. The summed E-state index contributed by atoms with van der Waals surface area (Å²) in [5.74, 6) is 0.0789. The maximum Gasteiger partial charge on any atom is 0.277 e. The van der Waals surface area contributed by atoms with Crippen LogP contribution in [0.15, 0.2) is 55.0 Å². The molecule has 0 aliphatic carbocycles. The van der Waals surface area contributed by atoms with E-state index < -0.39 is 12.3 Å². The molecule has 0 saturated carbocycles. The number of amides is 2. The highest BCUT2D eigenvalue weighted by Crippen LogP contribution is 2.30. The molecule has 1 aliphatic rings. The lowest BCUT2D eigenvalue weighted by Gasteiger charge is -2.36. The Morgan fingerprint density at radius 3 is 2.39 bits per heavy atom. The number of halogens is 2. The standard InChI is InChI=1S/C29H31ClFN7O3.CH2O2/c1-38(2,3)18-26(39)35-11-13-36(14-12-35)29(40)21-7-6-20(16-22(21)30)34-27-28-33-17-24(37(28)10-9-32-27)19-5-8-25(41-4)23(31)15-19;2-1-3/h5-10,15-17H,11-14,18H2,1-4H3;1H,(H,2,3). The van der Waals surface area contributed by atoms with Gasteiger partial charge in [0, 0.05) is 56.3 Å². The van der Waals surface area contributed by atoms with Crippen molar-refractivity contribution in [3.05, 3.63) is 71.4 Å². The van der Waals surface area contributed by atoms with Crippen LogP contribution in [0.25, 0.3) is 16.9 Å². The summed E-state index contributed by atoms with van der Waals surface area (Å²) in [6.07, 6.45) is 5.01. The van der Waals surface area contributed by atoms with E-state index >= 15 is 0 Å². The van der Waals surface area contributed by atoms with Crippen LogP contribution in [0.4, 0.5) is 15.9 Å². The number of aromatic nitrogens is 3. The number of rotatable bonds is 7. The van der Waals surface area contributed by atoms with Gasteiger partial charge in [-0.25, -0.2) is 14.4 Å². The summed E-state index contributed by atoms with van der Waals surface area (Å²) in [6, 6.07) is 9.84. The van der Waals surface area contributed by atoms with Crippen molar-refractivity contribution >= 4 is 47.0 Å². The first kappa shape index (κ1) is 32.2. The van der Waals surface area contributed by atoms with Gasteiger partial charge < -0.3 is 34.2 Å². The van der Waals surface area contributed by atoms with E-state index in [9.17, 15) is 14.0 Å². The molecule has 5 rings (SSSR count). The number of ether oxygens (including phenoxy) is 1. The molecule has 44 heavy (non-hydrogen) atoms. The third-order valence-corrected chi connectivity index (χ3v) is 7.18. The zero-order chi connectivity index (χ0) is 32.0. The Hall–Kier alpha value is -4.75. The molecule has 1 N–H and O–H groups in total. The molecule has 2 amide bonds. The third kappa shape index (κ3) is 7.41. The zero-order valence-corrected chi connectivity index (χ0v) is 25.5. The van der Waals surface area contributed by atoms with Crippen molar-refractivity contribution in [2.45, 2.75) is 0 Å². The fourth-order valence-electron chi connectivity index (χ4n) is 4.78. The highest BCUT2D eigenvalue weighted by molar-refractivity contribution is 6.34. The Kier molecular flexibility index (Phi) is 10.0. The van der Waals surface area contributed by atoms with Gasteiger partial charge in [0.1, 0.15) is 0 Å². The van der Waals surface area contributed by atoms with Gasteiger partial charge in [-0.3, -0.25) is 14.0 Å². The highest BCUT2D eigenvalue weighted by atomic mass is 35.5. The number of carboxylic acid groups (broad SMARTS) is 1. The second kappa shape index (κ2) is 13.7. The number of piperazine rings is 1. The Labute approximate surface area is 258 Å². The predicted octanol–water partition coefficient (Wildman–Crippen LogP) is 2.30. The molecule has 1 aliphatic heterocycles. The summed E-state index contributed by atoms with van der Waals surface area (Å²) in [4.78, 5) is 46.5. The molecule has 14 heteroatoms. The summed E-state index contributed by atoms with van der Waals surface area (Å²) < 4.78 is 21.7. The summed E-state index contributed by atoms with van der Waals surface area (Å²) in [7, 11) is 7.35. The first-order valence-electron chi connectivity index (χ1n) is 13.6. The van der Waals surface area contributed by atoms with Crippen LogP contribution in [0.5, 0.6) is 5.75 Å². The van der Waals surface area contributed by atoms with Crippen molar-refractivity contribution in [3.63, 3.8) is 0 Å². The van der Waals surface area contributed by atoms with Crippen LogP contribution in [0.1, 0.15) is 10.4 Å². The first-order chi connectivity index (χ1) is 20.9. The fourth-order valence-corrected chi connectivity index (χ4v) is 5.05. The van der Waals surface area contributed by atoms with Gasteiger partial charge in [0.25, 0.3) is 11.8 Å². The van der Waals surface area contributed by atoms with Crippen LogP contribution in [-0.4, -0.2) is 108 Å². The Balaban J connectivity index is 0.00000141. The van der Waals surface area contributed by atoms with E-state index in [2.05, 4.69) is 15.3 Å². The van der Waals surface area contributed by atoms with E-state index in [-0.39, 0.29) is 17.6 Å². The van der Waals surface area contributed by atoms with Crippen LogP contribution < -0.4 is 15.2 Å². The number of imidazole rings is 1. The quantitative estimate of drug-likeness (QED) is 0.244. The van der Waals surface area contributed by atoms with Gasteiger partial charge in [-0.05, 0) is 36.4 Å². The molecular formula is C30H33ClFN7O5. The van der Waals surface area contributed by atoms with Gasteiger partial charge in [0.05, 0.1) is 50.7 Å². The highest BCUT2D eigenvalue weighted by Gasteiger charge is 2.28. The molecule has 0 radical (unpaired) electrons. The monoisotopic (exact) mass is 625 g/mol. The number of carbonyl (C=O) groups is 3. The van der Waals surface area contributed by atoms with Gasteiger partial charge >= 0.3 is 0 Å². The summed E-state index contributed by atoms with van der Waals surface area (Å²) in [5, 5.41) is 11.8. The third-order valence-electron chi connectivity index (χ3n) is 6.87. The number of benzene rings is 2. The van der Waals surface area contributed by atoms with Crippen molar-refractivity contribution in [2.75, 3.05) is 66.3 Å². The number of methoxy groups -OCH3 is 1. The molecule has 2 aromatic carbocycles. The number of nitrogens with zero attached hydrogens (tertiary/aromatic N) is 6. The molecule has 232 valence electrons. The molecule has 0 atom stereocenters. The van der Waals surface area contributed by atoms with E-state index in [1.54, 1.807) is 58.2 Å². The normalized spacial score (nSPS) is 13.2. The number of hydrogen-bond acceptors (Lipinski definition) is 8. The van der Waals surface area contributed by atoms with Gasteiger partial charge in [0.15, 0.2) is 29.6 Å². The topological polar surface area (TPSA) is 132 Å². The molecule has 1 fully saturated rings. The second-order valence-corrected chi connectivity index (χ2v) is 11.4. The smallest absolute Gasteiger partial charge is 0.277 e. The number of fused-ring (bicyclic) bond motifs is 1. The Morgan fingerprint density at radius 1 is 1.09 bits per heavy atom. The van der Waals surface area contributed by atoms with Crippen LogP contribution >= 0.6 is 11.6 Å². The van der Waals surface area contributed by atoms with Gasteiger partial charge in [-0.1, -0.05) is 11.6 Å². The van der Waals surface area contributed by atoms with E-state index in [1.165, 1.54) is 13.2 Å². The van der Waals surface area contributed by atoms with E-state index in [1.807, 2.05) is 26.0 Å². The van der Waals surface area contributed by atoms with E-state index in [0.29, 0.717) is 76.2 Å². The molecule has 0 bridgehead atoms. The first-order valence-corrected chi connectivity index (χ1v) is 14.0. The maximum atomic E-state index is 14.3. The van der Waals surface area contributed by atoms with Crippen molar-refractivity contribution in [2.24, 2.45) is 0 Å². The largest absolute Gasteiger partial charge is 0.554 e. The molecule has 1 saturated heterocycles. The number of likely N-dealkylation sites (N-methyl/N-ethyl adjacent to an activating group) is 1. The number of quaternary nitrogens is 1. The van der Waals surface area contributed by atoms with Crippen molar-refractivity contribution < 1.29 is 33.1 Å². The van der Waals surface area contributed by atoms with Gasteiger partial charge in [0.2, 0.25) is 0 Å². The molecule has 0 spiro atoms. The molecular weight excluding hydrogens is 593 g/mol. The van der Waals surface area contributed by atoms with Crippen molar-refractivity contribution in [3.8, 4) is 17.0 Å². The zero-order valence-electron chi connectivity index (χ0n) is 24.8. The SMILES string of the molecule is COc1ccc(-c2cnc3c(Nc4ccc(C(=O)N5CCN(C(=O)C[N+](C)(C)C)CC5)c(Cl)c4)nccn23)cc1F.O=C[O-]. The van der Waals surface area contributed by atoms with Gasteiger partial charge in [-0.15, -0.1) is 0 Å². The minimum absolute atomic E-state index is 0.0856. The molecule has 4 aromatic rings. The fraction of sp³-hybridized carbons (Fsp3) is 0.300. The lowest BCUT2D eigenvalue weighted by atomic mass is 10.1. The number of carbonyl (C=O) groups excluding carboxylic acids is 3. The number of hydrogen-bond donors (Lipinski definition) is 1. The lowest BCUT2D eigenvalue weighted by molar-refractivity contribution is -0.862. The Bertz CT molecular complexity index is 1670. The maximum absolute atomic E-state index is 14.3. The van der Waals surface area contributed by atoms with Crippen molar-refractivity contribution in [1.29, 1.82) is 0 Å². The average Bonchev–Trinajstić information content (AvgIpc) is 3.42. The molecule has 2 aromatic heterocycles. The molecule has 0 unspecified atom stereocenters. The minimum Gasteiger partial charge on any atom is -0.554 e. The van der Waals surface area contributed by atoms with Crippen LogP contribution in [0, 0.1) is 5.82 Å². The Morgan fingerprint density at radius 2 is 1.77 bits per heavy atom. The van der Waals surface area contributed by atoms with E-state index in [4.69, 9.17) is 26.2 Å². The van der Waals surface area contributed by atoms with E-state index in [0.717, 1.165) is 0 Å². The minimum atomic E-state index is -0.500. The summed E-state index contributed by atoms with van der Waals surface area (Å²) >= 11 is 6.56. The lowest BCUT2D eigenvalue weighted by Crippen LogP contribution is -2.54. The average molecular weight is 626 g/mol.